The number of halogens is 2. The second-order valence-corrected chi connectivity index (χ2v) is 38.1. The number of carbonyl (C=O) groups excluding carboxylic acids is 14. The van der Waals surface area contributed by atoms with Crippen LogP contribution in [0.2, 0.25) is 5.02 Å². The van der Waals surface area contributed by atoms with Crippen LogP contribution in [0.3, 0.4) is 0 Å². The SMILES string of the molecule is COc1ccc(C[C@@H]2NC(=O)[C@H]([C@@H](C)O)NC(=O)[C@@H]3[C@@H]4CCN3C(=O)[C@@H]3Cc5cn(c6ccc(F)cc56)CCCCCCN(Cc5ccc(cc5)CCNC(=O)[C@]5(C)CCCN5C2=O)C(=O)CCC(=O)N[C@@H](C)C(=O)N[C@H](CNC(=O)CCOCCOCC[N+](C)(C)CCNC(=O)Cc2c(C)n(C(=O)c5ccc(Cl)cc5)c5ccc(OC)cc25)C(=O)N[C@@H](Cc2cccc(c2)CNC(=O)CO4)C(=O)N3)cc1.[CH3-]. The first-order chi connectivity index (χ1) is 67.6. The third kappa shape index (κ3) is 28.2. The van der Waals surface area contributed by atoms with Crippen LogP contribution in [0.4, 0.5) is 4.39 Å². The molecule has 10 atom stereocenters. The third-order valence-corrected chi connectivity index (χ3v) is 27.2. The van der Waals surface area contributed by atoms with Crippen molar-refractivity contribution in [2.75, 3.05) is 114 Å². The number of likely N-dealkylation sites (N-methyl/N-ethyl adjacent to an activating group) is 1. The van der Waals surface area contributed by atoms with Crippen molar-refractivity contribution in [2.45, 2.75) is 204 Å². The number of rotatable bonds is 22. The molecule has 38 heteroatoms. The Morgan fingerprint density at radius 1 is 0.634 bits per heavy atom. The highest BCUT2D eigenvalue weighted by Gasteiger charge is 2.50. The molecule has 13 amide bonds. The number of methoxy groups -OCH3 is 2. The second kappa shape index (κ2) is 50.0. The summed E-state index contributed by atoms with van der Waals surface area (Å²) in [4.78, 5) is 212. The molecule has 2 aromatic heterocycles. The van der Waals surface area contributed by atoms with Crippen LogP contribution >= 0.6 is 11.6 Å². The highest BCUT2D eigenvalue weighted by Crippen LogP contribution is 2.35. The summed E-state index contributed by atoms with van der Waals surface area (Å²) in [6.07, 6.45) is 0.116. The molecule has 762 valence electrons. The van der Waals surface area contributed by atoms with Crippen molar-refractivity contribution in [3.05, 3.63) is 208 Å². The lowest BCUT2D eigenvalue weighted by molar-refractivity contribution is -0.889. The minimum absolute atomic E-state index is 0. The normalized spacial score (nSPS) is 22.0. The van der Waals surface area contributed by atoms with Crippen molar-refractivity contribution < 1.29 is 105 Å². The summed E-state index contributed by atoms with van der Waals surface area (Å²) in [6.45, 7) is 7.18. The molecule has 8 heterocycles. The average Bonchev–Trinajstić information content (AvgIpc) is 1.03. The Labute approximate surface area is 830 Å². The lowest BCUT2D eigenvalue weighted by Crippen LogP contribution is -2.64. The maximum Gasteiger partial charge on any atom is 0.262 e. The number of fused-ring (bicyclic) bond motifs is 17. The first-order valence-corrected chi connectivity index (χ1v) is 48.6. The Balaban J connectivity index is 0.0000180. The fourth-order valence-corrected chi connectivity index (χ4v) is 18.8. The zero-order valence-electron chi connectivity index (χ0n) is 82.0. The summed E-state index contributed by atoms with van der Waals surface area (Å²) in [6, 6.07) is 25.4. The molecular formula is C104H132ClFN16O20. The number of aromatic nitrogens is 2. The van der Waals surface area contributed by atoms with Crippen molar-refractivity contribution >= 4 is 116 Å². The van der Waals surface area contributed by atoms with Crippen LogP contribution in [-0.2, 0) is 128 Å². The standard InChI is InChI=1S/C103H128ClFN16O20.CH3/c1-63-94(128)114-83(59-109-87(123)37-47-139-49-50-140-48-46-121(5,6)45-40-106-89(125)57-77-64(2)120(85-32-30-76(138-8)56-79(77)85)99(133)71-23-25-73(104)26-24-71)96(130)111-80-53-69-15-13-16-70(51-69)58-108-90(126)62-141-86-36-44-118-93(86)98(132)115-92(65(3)122)97(131)113-81(52-67-21-28-75(137-7)29-22-67)101(135)119-43-14-38-103(119,4)102(136)107-39-35-66-17-19-68(20-18-66)60-117(91(127)34-33-88(124)110-63)42-12-10-9-11-41-116-61-72(54-82(100(118)134)112-95(80)129)78-55-74(105)27-31-84(78)116;/h13,15-32,51,55-56,61,63,65,80-83,86,92-93,122H,9-12,14,33-50,52-54,57-60,62H2,1-8H3,(H9-,106,107,108,109,110,111,112,113,114,115,123,124,125,126,128,129,130,131,132,136);1H3/q;-1/p+1/t63-,65+,80-,81-,82-,83+,86-,92-,93-,103-;/m0./s1. The van der Waals surface area contributed by atoms with Gasteiger partial charge in [-0.25, -0.2) is 4.39 Å². The number of nitrogens with zero attached hydrogens (tertiary/aromatic N) is 6. The Kier molecular flexibility index (Phi) is 37.9. The summed E-state index contributed by atoms with van der Waals surface area (Å²) in [7, 11) is 7.02. The second-order valence-electron chi connectivity index (χ2n) is 37.6. The molecule has 8 aromatic rings. The van der Waals surface area contributed by atoms with E-state index in [0.717, 1.165) is 16.0 Å². The number of hydrogen-bond acceptors (Lipinski definition) is 20. The molecule has 2 fully saturated rings. The Morgan fingerprint density at radius 3 is 2.07 bits per heavy atom. The average molecular weight is 1980 g/mol. The van der Waals surface area contributed by atoms with Crippen LogP contribution in [0.25, 0.3) is 21.8 Å². The van der Waals surface area contributed by atoms with Gasteiger partial charge in [-0.3, -0.25) is 71.7 Å². The molecule has 0 aliphatic carbocycles. The number of benzene rings is 6. The van der Waals surface area contributed by atoms with E-state index in [1.54, 1.807) is 128 Å². The summed E-state index contributed by atoms with van der Waals surface area (Å²) in [5.41, 5.74) is 4.88. The maximum absolute atomic E-state index is 16.4. The van der Waals surface area contributed by atoms with Crippen LogP contribution in [0.15, 0.2) is 140 Å². The Morgan fingerprint density at radius 2 is 1.33 bits per heavy atom. The van der Waals surface area contributed by atoms with Gasteiger partial charge in [0.1, 0.15) is 78.3 Å². The van der Waals surface area contributed by atoms with Gasteiger partial charge in [0.05, 0.1) is 92.0 Å². The lowest BCUT2D eigenvalue weighted by atomic mass is 9.95. The van der Waals surface area contributed by atoms with E-state index in [4.69, 9.17) is 35.3 Å². The van der Waals surface area contributed by atoms with Crippen molar-refractivity contribution in [1.29, 1.82) is 0 Å². The van der Waals surface area contributed by atoms with Crippen molar-refractivity contribution in [3.8, 4) is 11.5 Å². The number of amides is 13. The molecule has 0 unspecified atom stereocenters. The predicted molar refractivity (Wildman–Crippen MR) is 527 cm³/mol. The molecule has 14 rings (SSSR count). The topological polar surface area (TPSA) is 445 Å². The summed E-state index contributed by atoms with van der Waals surface area (Å²) in [5, 5.41) is 41.3. The van der Waals surface area contributed by atoms with Crippen LogP contribution < -0.4 is 62.6 Å². The number of carbonyl (C=O) groups is 14. The van der Waals surface area contributed by atoms with Gasteiger partial charge in [0, 0.05) is 130 Å². The number of ether oxygens (including phenoxy) is 5. The number of hydrogen-bond donors (Lipinski definition) is 11. The van der Waals surface area contributed by atoms with E-state index in [1.165, 1.54) is 38.0 Å². The van der Waals surface area contributed by atoms with E-state index in [1.807, 2.05) is 49.0 Å². The number of aliphatic hydroxyl groups is 1. The van der Waals surface area contributed by atoms with Gasteiger partial charge in [-0.05, 0) is 178 Å². The highest BCUT2D eigenvalue weighted by atomic mass is 35.5. The quantitative estimate of drug-likeness (QED) is 0.0235. The van der Waals surface area contributed by atoms with Gasteiger partial charge in [0.25, 0.3) is 5.91 Å². The van der Waals surface area contributed by atoms with Crippen molar-refractivity contribution in [2.24, 2.45) is 0 Å². The van der Waals surface area contributed by atoms with Gasteiger partial charge in [-0.1, -0.05) is 85.1 Å². The number of nitrogens with one attached hydrogen (secondary N) is 10. The molecule has 12 bridgehead atoms. The highest BCUT2D eigenvalue weighted by molar-refractivity contribution is 6.30. The van der Waals surface area contributed by atoms with Crippen LogP contribution in [-0.4, -0.2) is 290 Å². The molecule has 11 N–H and O–H groups in total. The van der Waals surface area contributed by atoms with Gasteiger partial charge < -0.3 is 113 Å². The van der Waals surface area contributed by atoms with Gasteiger partial charge in [-0.15, -0.1) is 0 Å². The number of aryl methyl sites for hydroxylation is 1. The van der Waals surface area contributed by atoms with Gasteiger partial charge in [0.15, 0.2) is 0 Å². The van der Waals surface area contributed by atoms with E-state index in [0.29, 0.717) is 153 Å². The smallest absolute Gasteiger partial charge is 0.262 e. The summed E-state index contributed by atoms with van der Waals surface area (Å²) < 4.78 is 49.0. The monoisotopic (exact) mass is 1980 g/mol. The largest absolute Gasteiger partial charge is 0.497 e. The minimum atomic E-state index is -1.89. The summed E-state index contributed by atoms with van der Waals surface area (Å²) >= 11 is 6.14. The Bertz CT molecular complexity index is 5880. The molecule has 6 aliphatic rings. The van der Waals surface area contributed by atoms with Crippen LogP contribution in [0, 0.1) is 20.2 Å². The molecule has 142 heavy (non-hydrogen) atoms. The number of aliphatic hydroxyl groups excluding tert-OH is 1. The molecule has 0 radical (unpaired) electrons. The maximum atomic E-state index is 16.4. The van der Waals surface area contributed by atoms with Crippen LogP contribution in [0.5, 0.6) is 11.5 Å². The molecule has 0 saturated carbocycles. The third-order valence-electron chi connectivity index (χ3n) is 26.9. The van der Waals surface area contributed by atoms with E-state index in [2.05, 4.69) is 53.2 Å². The minimum Gasteiger partial charge on any atom is -0.497 e. The van der Waals surface area contributed by atoms with Crippen molar-refractivity contribution in [1.82, 2.24) is 77.0 Å². The van der Waals surface area contributed by atoms with E-state index < -0.39 is 150 Å². The first-order valence-electron chi connectivity index (χ1n) is 48.2. The molecule has 0 spiro atoms. The first kappa shape index (κ1) is 108. The molecule has 6 aliphatic heterocycles. The predicted octanol–water partition coefficient (Wildman–Crippen LogP) is 5.22. The van der Waals surface area contributed by atoms with Gasteiger partial charge in [-0.2, -0.15) is 0 Å². The van der Waals surface area contributed by atoms with Crippen molar-refractivity contribution in [3.63, 3.8) is 0 Å². The fourth-order valence-electron chi connectivity index (χ4n) is 18.7. The Hall–Kier alpha value is -13.2. The number of quaternary nitrogens is 1. The molecule has 36 nitrogen and oxygen atoms in total. The molecule has 6 aromatic carbocycles. The molecule has 2 saturated heterocycles. The van der Waals surface area contributed by atoms with E-state index >= 15 is 33.2 Å². The zero-order valence-corrected chi connectivity index (χ0v) is 82.8. The zero-order chi connectivity index (χ0) is 101. The van der Waals surface area contributed by atoms with Gasteiger partial charge in [0.2, 0.25) is 76.8 Å². The fraction of sp³-hybridized carbons (Fsp3) is 0.471. The van der Waals surface area contributed by atoms with E-state index in [-0.39, 0.29) is 136 Å². The van der Waals surface area contributed by atoms with Gasteiger partial charge >= 0.3 is 0 Å². The lowest BCUT2D eigenvalue weighted by Gasteiger charge is -2.37. The van der Waals surface area contributed by atoms with Crippen LogP contribution in [0.1, 0.15) is 140 Å². The molecular weight excluding hydrogens is 1850 g/mol. The summed E-state index contributed by atoms with van der Waals surface area (Å²) in [5.74, 6) is -9.61. The van der Waals surface area contributed by atoms with E-state index in [9.17, 15) is 43.5 Å².